The van der Waals surface area contributed by atoms with Gasteiger partial charge < -0.3 is 4.52 Å². The van der Waals surface area contributed by atoms with Crippen molar-refractivity contribution in [3.63, 3.8) is 0 Å². The van der Waals surface area contributed by atoms with Crippen molar-refractivity contribution >= 4 is 0 Å². The van der Waals surface area contributed by atoms with Gasteiger partial charge in [-0.2, -0.15) is 4.98 Å². The predicted octanol–water partition coefficient (Wildman–Crippen LogP) is 2.89. The highest BCUT2D eigenvalue weighted by Crippen LogP contribution is 2.13. The minimum Gasteiger partial charge on any atom is -0.338 e. The molecule has 17 heavy (non-hydrogen) atoms. The first-order valence-corrected chi connectivity index (χ1v) is 6.63. The molecule has 1 atom stereocenters. The van der Waals surface area contributed by atoms with Crippen LogP contribution in [0.1, 0.15) is 52.8 Å². The Balaban J connectivity index is 2.60. The van der Waals surface area contributed by atoms with Crippen LogP contribution in [-0.2, 0) is 13.0 Å². The summed E-state index contributed by atoms with van der Waals surface area (Å²) in [5.74, 6) is 2.20. The second-order valence-electron chi connectivity index (χ2n) is 4.90. The van der Waals surface area contributed by atoms with E-state index in [1.807, 2.05) is 0 Å². The molecule has 0 fully saturated rings. The Morgan fingerprint density at radius 1 is 1.24 bits per heavy atom. The second kappa shape index (κ2) is 6.74. The molecule has 1 aromatic rings. The summed E-state index contributed by atoms with van der Waals surface area (Å²) >= 11 is 0. The first-order valence-electron chi connectivity index (χ1n) is 6.63. The smallest absolute Gasteiger partial charge is 0.240 e. The zero-order chi connectivity index (χ0) is 12.8. The normalized spacial score (nSPS) is 13.6. The average molecular weight is 239 g/mol. The molecule has 0 saturated carbocycles. The summed E-state index contributed by atoms with van der Waals surface area (Å²) in [6.07, 6.45) is 1.95. The molecule has 0 aliphatic rings. The van der Waals surface area contributed by atoms with Crippen LogP contribution in [0.15, 0.2) is 4.52 Å². The number of aryl methyl sites for hydroxylation is 1. The van der Waals surface area contributed by atoms with E-state index < -0.39 is 0 Å². The molecule has 4 nitrogen and oxygen atoms in total. The molecule has 1 unspecified atom stereocenters. The minimum atomic E-state index is 0.529. The number of hydrogen-bond donors (Lipinski definition) is 0. The summed E-state index contributed by atoms with van der Waals surface area (Å²) in [5.41, 5.74) is 0. The maximum Gasteiger partial charge on any atom is 0.240 e. The molecule has 4 heteroatoms. The zero-order valence-electron chi connectivity index (χ0n) is 11.7. The molecule has 0 radical (unpaired) electrons. The average Bonchev–Trinajstić information content (AvgIpc) is 2.73. The standard InChI is InChI=1S/C13H25N3O/c1-6-8-12-14-13(17-15-12)9-16(7-2)11(5)10(3)4/h10-11H,6-9H2,1-5H3. The fourth-order valence-corrected chi connectivity index (χ4v) is 1.82. The number of rotatable bonds is 7. The summed E-state index contributed by atoms with van der Waals surface area (Å²) in [6, 6.07) is 0.529. The van der Waals surface area contributed by atoms with Crippen molar-refractivity contribution in [1.29, 1.82) is 0 Å². The molecule has 0 amide bonds. The Bertz CT molecular complexity index is 322. The lowest BCUT2D eigenvalue weighted by atomic mass is 10.0. The van der Waals surface area contributed by atoms with Crippen molar-refractivity contribution in [3.05, 3.63) is 11.7 Å². The fraction of sp³-hybridized carbons (Fsp3) is 0.846. The number of nitrogens with zero attached hydrogens (tertiary/aromatic N) is 3. The van der Waals surface area contributed by atoms with Crippen molar-refractivity contribution in [2.75, 3.05) is 6.54 Å². The van der Waals surface area contributed by atoms with Gasteiger partial charge in [-0.15, -0.1) is 0 Å². The van der Waals surface area contributed by atoms with Gasteiger partial charge >= 0.3 is 0 Å². The summed E-state index contributed by atoms with van der Waals surface area (Å²) in [4.78, 5) is 6.78. The minimum absolute atomic E-state index is 0.529. The van der Waals surface area contributed by atoms with E-state index in [1.54, 1.807) is 0 Å². The first kappa shape index (κ1) is 14.2. The van der Waals surface area contributed by atoms with E-state index in [4.69, 9.17) is 4.52 Å². The Morgan fingerprint density at radius 3 is 2.47 bits per heavy atom. The Hall–Kier alpha value is -0.900. The molecule has 0 aliphatic carbocycles. The molecule has 0 bridgehead atoms. The number of hydrogen-bond acceptors (Lipinski definition) is 4. The summed E-state index contributed by atoms with van der Waals surface area (Å²) in [5, 5.41) is 3.98. The maximum atomic E-state index is 5.28. The van der Waals surface area contributed by atoms with Crippen LogP contribution in [0.5, 0.6) is 0 Å². The van der Waals surface area contributed by atoms with Crippen LogP contribution in [0.3, 0.4) is 0 Å². The van der Waals surface area contributed by atoms with Gasteiger partial charge in [0.2, 0.25) is 5.89 Å². The summed E-state index contributed by atoms with van der Waals surface area (Å²) < 4.78 is 5.28. The van der Waals surface area contributed by atoms with Gasteiger partial charge in [0.1, 0.15) is 0 Å². The highest BCUT2D eigenvalue weighted by atomic mass is 16.5. The third-order valence-corrected chi connectivity index (χ3v) is 3.27. The molecular weight excluding hydrogens is 214 g/mol. The third-order valence-electron chi connectivity index (χ3n) is 3.27. The molecule has 0 saturated heterocycles. The summed E-state index contributed by atoms with van der Waals surface area (Å²) in [7, 11) is 0. The van der Waals surface area contributed by atoms with E-state index in [2.05, 4.69) is 49.7 Å². The van der Waals surface area contributed by atoms with Crippen molar-refractivity contribution in [1.82, 2.24) is 15.0 Å². The fourth-order valence-electron chi connectivity index (χ4n) is 1.82. The molecule has 0 N–H and O–H groups in total. The zero-order valence-corrected chi connectivity index (χ0v) is 11.7. The van der Waals surface area contributed by atoms with Crippen LogP contribution in [0, 0.1) is 5.92 Å². The van der Waals surface area contributed by atoms with Crippen LogP contribution >= 0.6 is 0 Å². The van der Waals surface area contributed by atoms with E-state index >= 15 is 0 Å². The van der Waals surface area contributed by atoms with Crippen molar-refractivity contribution < 1.29 is 4.52 Å². The van der Waals surface area contributed by atoms with E-state index in [-0.39, 0.29) is 0 Å². The van der Waals surface area contributed by atoms with Crippen LogP contribution in [-0.4, -0.2) is 27.6 Å². The van der Waals surface area contributed by atoms with Crippen molar-refractivity contribution in [2.45, 2.75) is 60.0 Å². The van der Waals surface area contributed by atoms with Gasteiger partial charge in [0, 0.05) is 12.5 Å². The highest BCUT2D eigenvalue weighted by Gasteiger charge is 2.18. The third kappa shape index (κ3) is 4.11. The molecule has 1 rings (SSSR count). The van der Waals surface area contributed by atoms with E-state index in [9.17, 15) is 0 Å². The molecule has 0 spiro atoms. The van der Waals surface area contributed by atoms with Gasteiger partial charge in [-0.05, 0) is 25.8 Å². The lowest BCUT2D eigenvalue weighted by Gasteiger charge is -2.29. The van der Waals surface area contributed by atoms with Gasteiger partial charge in [0.15, 0.2) is 5.82 Å². The van der Waals surface area contributed by atoms with E-state index in [1.165, 1.54) is 0 Å². The van der Waals surface area contributed by atoms with Gasteiger partial charge in [-0.1, -0.05) is 32.9 Å². The van der Waals surface area contributed by atoms with Crippen LogP contribution in [0.25, 0.3) is 0 Å². The van der Waals surface area contributed by atoms with Crippen LogP contribution in [0.4, 0.5) is 0 Å². The topological polar surface area (TPSA) is 42.2 Å². The van der Waals surface area contributed by atoms with E-state index in [0.717, 1.165) is 37.6 Å². The second-order valence-corrected chi connectivity index (χ2v) is 4.90. The Labute approximate surface area is 104 Å². The van der Waals surface area contributed by atoms with Crippen molar-refractivity contribution in [3.8, 4) is 0 Å². The SMILES string of the molecule is CCCc1noc(CN(CC)C(C)C(C)C)n1. The highest BCUT2D eigenvalue weighted by molar-refractivity contribution is 4.87. The van der Waals surface area contributed by atoms with Crippen molar-refractivity contribution in [2.24, 2.45) is 5.92 Å². The molecule has 0 aliphatic heterocycles. The quantitative estimate of drug-likeness (QED) is 0.733. The van der Waals surface area contributed by atoms with Crippen LogP contribution < -0.4 is 0 Å². The van der Waals surface area contributed by atoms with E-state index in [0.29, 0.717) is 12.0 Å². The lowest BCUT2D eigenvalue weighted by molar-refractivity contribution is 0.149. The first-order chi connectivity index (χ1) is 8.08. The lowest BCUT2D eigenvalue weighted by Crippen LogP contribution is -2.36. The van der Waals surface area contributed by atoms with Gasteiger partial charge in [0.05, 0.1) is 6.54 Å². The molecular formula is C13H25N3O. The van der Waals surface area contributed by atoms with Gasteiger partial charge in [-0.3, -0.25) is 4.90 Å². The Kier molecular flexibility index (Phi) is 5.62. The van der Waals surface area contributed by atoms with Gasteiger partial charge in [-0.25, -0.2) is 0 Å². The maximum absolute atomic E-state index is 5.28. The molecule has 1 heterocycles. The molecule has 0 aromatic carbocycles. The van der Waals surface area contributed by atoms with Gasteiger partial charge in [0.25, 0.3) is 0 Å². The summed E-state index contributed by atoms with van der Waals surface area (Å²) in [6.45, 7) is 12.8. The molecule has 1 aromatic heterocycles. The predicted molar refractivity (Wildman–Crippen MR) is 68.7 cm³/mol. The monoisotopic (exact) mass is 239 g/mol. The Morgan fingerprint density at radius 2 is 1.94 bits per heavy atom. The van der Waals surface area contributed by atoms with Crippen LogP contribution in [0.2, 0.25) is 0 Å². The number of aromatic nitrogens is 2. The molecule has 98 valence electrons. The largest absolute Gasteiger partial charge is 0.338 e.